The minimum atomic E-state index is -0.958. The molecule has 100 valence electrons. The van der Waals surface area contributed by atoms with Gasteiger partial charge in [-0.1, -0.05) is 0 Å². The molecule has 0 radical (unpaired) electrons. The number of carbonyl (C=O) groups excluding carboxylic acids is 1. The number of rotatable bonds is 2. The van der Waals surface area contributed by atoms with Crippen molar-refractivity contribution >= 4 is 24.0 Å². The molecule has 0 aliphatic carbocycles. The molecule has 1 aliphatic rings. The van der Waals surface area contributed by atoms with E-state index in [1.807, 2.05) is 6.92 Å². The average Bonchev–Trinajstić information content (AvgIpc) is 2.70. The van der Waals surface area contributed by atoms with Crippen LogP contribution in [0.1, 0.15) is 13.3 Å². The lowest BCUT2D eigenvalue weighted by atomic mass is 10.0. The maximum absolute atomic E-state index is 12.9. The summed E-state index contributed by atoms with van der Waals surface area (Å²) in [6.45, 7) is 2.74. The maximum atomic E-state index is 12.9. The summed E-state index contributed by atoms with van der Waals surface area (Å²) in [5.41, 5.74) is 0.285. The summed E-state index contributed by atoms with van der Waals surface area (Å²) < 4.78 is 25.6. The first-order valence-electron chi connectivity index (χ1n) is 5.57. The third-order valence-electron chi connectivity index (χ3n) is 3.05. The molecule has 1 aromatic carbocycles. The van der Waals surface area contributed by atoms with Crippen LogP contribution in [0.3, 0.4) is 0 Å². The zero-order valence-electron chi connectivity index (χ0n) is 9.87. The van der Waals surface area contributed by atoms with Gasteiger partial charge in [0.25, 0.3) is 0 Å². The Balaban J connectivity index is 0.00000162. The standard InChI is InChI=1S/C12H14F2N2O.ClH/c1-7-9(4-5-15-7)12(17)16-8-2-3-10(13)11(14)6-8;/h2-3,6-7,9,15H,4-5H2,1H3,(H,16,17);1H/t7-,9-;/m0./s1. The number of nitrogens with one attached hydrogen (secondary N) is 2. The van der Waals surface area contributed by atoms with Crippen LogP contribution >= 0.6 is 12.4 Å². The smallest absolute Gasteiger partial charge is 0.229 e. The summed E-state index contributed by atoms with van der Waals surface area (Å²) in [6, 6.07) is 3.45. The predicted molar refractivity (Wildman–Crippen MR) is 67.8 cm³/mol. The van der Waals surface area contributed by atoms with Crippen molar-refractivity contribution in [3.8, 4) is 0 Å². The van der Waals surface area contributed by atoms with Gasteiger partial charge < -0.3 is 10.6 Å². The van der Waals surface area contributed by atoms with Crippen LogP contribution in [-0.4, -0.2) is 18.5 Å². The van der Waals surface area contributed by atoms with Gasteiger partial charge in [-0.25, -0.2) is 8.78 Å². The van der Waals surface area contributed by atoms with Crippen molar-refractivity contribution in [3.05, 3.63) is 29.8 Å². The summed E-state index contributed by atoms with van der Waals surface area (Å²) >= 11 is 0. The van der Waals surface area contributed by atoms with Crippen molar-refractivity contribution in [1.29, 1.82) is 0 Å². The maximum Gasteiger partial charge on any atom is 0.229 e. The van der Waals surface area contributed by atoms with Gasteiger partial charge in [0.1, 0.15) is 0 Å². The molecule has 0 unspecified atom stereocenters. The van der Waals surface area contributed by atoms with Gasteiger partial charge in [-0.15, -0.1) is 12.4 Å². The third kappa shape index (κ3) is 3.17. The highest BCUT2D eigenvalue weighted by molar-refractivity contribution is 5.93. The first-order chi connectivity index (χ1) is 8.08. The second-order valence-corrected chi connectivity index (χ2v) is 4.26. The van der Waals surface area contributed by atoms with Crippen molar-refractivity contribution < 1.29 is 13.6 Å². The van der Waals surface area contributed by atoms with E-state index in [1.165, 1.54) is 6.07 Å². The number of amides is 1. The van der Waals surface area contributed by atoms with Crippen LogP contribution < -0.4 is 10.6 Å². The quantitative estimate of drug-likeness (QED) is 0.870. The fourth-order valence-electron chi connectivity index (χ4n) is 2.03. The monoisotopic (exact) mass is 276 g/mol. The molecule has 2 N–H and O–H groups in total. The molecule has 6 heteroatoms. The van der Waals surface area contributed by atoms with Crippen molar-refractivity contribution in [3.63, 3.8) is 0 Å². The van der Waals surface area contributed by atoms with Crippen LogP contribution in [0.25, 0.3) is 0 Å². The van der Waals surface area contributed by atoms with Gasteiger partial charge in [-0.2, -0.15) is 0 Å². The number of anilines is 1. The molecule has 0 spiro atoms. The zero-order chi connectivity index (χ0) is 12.4. The summed E-state index contributed by atoms with van der Waals surface area (Å²) in [4.78, 5) is 11.9. The highest BCUT2D eigenvalue weighted by atomic mass is 35.5. The van der Waals surface area contributed by atoms with E-state index in [0.29, 0.717) is 0 Å². The zero-order valence-corrected chi connectivity index (χ0v) is 10.7. The van der Waals surface area contributed by atoms with Gasteiger partial charge in [0.05, 0.1) is 5.92 Å². The predicted octanol–water partition coefficient (Wildman–Crippen LogP) is 2.32. The molecule has 2 atom stereocenters. The van der Waals surface area contributed by atoms with Crippen LogP contribution in [0, 0.1) is 17.6 Å². The van der Waals surface area contributed by atoms with Gasteiger partial charge in [0, 0.05) is 17.8 Å². The van der Waals surface area contributed by atoms with E-state index in [9.17, 15) is 13.6 Å². The molecule has 1 aromatic rings. The Morgan fingerprint density at radius 2 is 2.11 bits per heavy atom. The van der Waals surface area contributed by atoms with E-state index in [1.54, 1.807) is 0 Å². The summed E-state index contributed by atoms with van der Waals surface area (Å²) in [6.07, 6.45) is 0.761. The van der Waals surface area contributed by atoms with E-state index in [-0.39, 0.29) is 36.0 Å². The van der Waals surface area contributed by atoms with Crippen molar-refractivity contribution in [1.82, 2.24) is 5.32 Å². The molecule has 0 bridgehead atoms. The van der Waals surface area contributed by atoms with E-state index in [2.05, 4.69) is 10.6 Å². The molecule has 1 aliphatic heterocycles. The topological polar surface area (TPSA) is 41.1 Å². The molecule has 1 heterocycles. The summed E-state index contributed by atoms with van der Waals surface area (Å²) in [7, 11) is 0. The molecule has 3 nitrogen and oxygen atoms in total. The van der Waals surface area contributed by atoms with E-state index in [0.717, 1.165) is 25.1 Å². The Kier molecular flexibility index (Phi) is 5.04. The van der Waals surface area contributed by atoms with E-state index >= 15 is 0 Å². The average molecular weight is 277 g/mol. The number of halogens is 3. The largest absolute Gasteiger partial charge is 0.326 e. The van der Waals surface area contributed by atoms with Gasteiger partial charge in [0.2, 0.25) is 5.91 Å². The Hall–Kier alpha value is -1.20. The Labute approximate surface area is 110 Å². The minimum absolute atomic E-state index is 0. The summed E-state index contributed by atoms with van der Waals surface area (Å²) in [5, 5.41) is 5.76. The van der Waals surface area contributed by atoms with Gasteiger partial charge in [-0.3, -0.25) is 4.79 Å². The Morgan fingerprint density at radius 3 is 2.67 bits per heavy atom. The lowest BCUT2D eigenvalue weighted by Crippen LogP contribution is -2.32. The van der Waals surface area contributed by atoms with Crippen LogP contribution in [0.4, 0.5) is 14.5 Å². The number of hydrogen-bond donors (Lipinski definition) is 2. The first kappa shape index (κ1) is 14.9. The first-order valence-corrected chi connectivity index (χ1v) is 5.57. The van der Waals surface area contributed by atoms with E-state index < -0.39 is 11.6 Å². The molecular weight excluding hydrogens is 262 g/mol. The molecule has 1 amide bonds. The van der Waals surface area contributed by atoms with Crippen molar-refractivity contribution in [2.75, 3.05) is 11.9 Å². The molecule has 0 saturated carbocycles. The van der Waals surface area contributed by atoms with E-state index in [4.69, 9.17) is 0 Å². The number of hydrogen-bond acceptors (Lipinski definition) is 2. The van der Waals surface area contributed by atoms with Crippen LogP contribution in [0.2, 0.25) is 0 Å². The molecular formula is C12H15ClF2N2O. The Morgan fingerprint density at radius 1 is 1.39 bits per heavy atom. The van der Waals surface area contributed by atoms with Crippen LogP contribution in [0.15, 0.2) is 18.2 Å². The highest BCUT2D eigenvalue weighted by Gasteiger charge is 2.29. The third-order valence-corrected chi connectivity index (χ3v) is 3.05. The molecule has 1 saturated heterocycles. The lowest BCUT2D eigenvalue weighted by molar-refractivity contribution is -0.120. The lowest BCUT2D eigenvalue weighted by Gasteiger charge is -2.14. The van der Waals surface area contributed by atoms with Crippen molar-refractivity contribution in [2.45, 2.75) is 19.4 Å². The Bertz CT molecular complexity index is 442. The summed E-state index contributed by atoms with van der Waals surface area (Å²) in [5.74, 6) is -2.16. The molecule has 1 fully saturated rings. The fraction of sp³-hybridized carbons (Fsp3) is 0.417. The molecule has 0 aromatic heterocycles. The molecule has 18 heavy (non-hydrogen) atoms. The second kappa shape index (κ2) is 6.11. The fourth-order valence-corrected chi connectivity index (χ4v) is 2.03. The van der Waals surface area contributed by atoms with Gasteiger partial charge in [-0.05, 0) is 32.0 Å². The van der Waals surface area contributed by atoms with Crippen LogP contribution in [-0.2, 0) is 4.79 Å². The normalized spacial score (nSPS) is 22.4. The SMILES string of the molecule is C[C@@H]1NCC[C@@H]1C(=O)Nc1ccc(F)c(F)c1.Cl. The van der Waals surface area contributed by atoms with Crippen molar-refractivity contribution in [2.24, 2.45) is 5.92 Å². The highest BCUT2D eigenvalue weighted by Crippen LogP contribution is 2.19. The number of carbonyl (C=O) groups is 1. The van der Waals surface area contributed by atoms with Gasteiger partial charge >= 0.3 is 0 Å². The molecule has 2 rings (SSSR count). The van der Waals surface area contributed by atoms with Crippen LogP contribution in [0.5, 0.6) is 0 Å². The minimum Gasteiger partial charge on any atom is -0.326 e. The number of benzene rings is 1. The second-order valence-electron chi connectivity index (χ2n) is 4.26. The van der Waals surface area contributed by atoms with Gasteiger partial charge in [0.15, 0.2) is 11.6 Å².